The molecule has 28 heavy (non-hydrogen) atoms. The summed E-state index contributed by atoms with van der Waals surface area (Å²) in [4.78, 5) is 22.7. The first-order valence-electron chi connectivity index (χ1n) is 8.05. The molecule has 0 unspecified atom stereocenters. The predicted octanol–water partition coefficient (Wildman–Crippen LogP) is 3.13. The number of fused-ring (bicyclic) bond motifs is 1. The minimum atomic E-state index is -0.506. The zero-order valence-electron chi connectivity index (χ0n) is 14.2. The average molecular weight is 400 g/mol. The Morgan fingerprint density at radius 3 is 2.79 bits per heavy atom. The molecule has 0 radical (unpaired) electrons. The second kappa shape index (κ2) is 7.48. The van der Waals surface area contributed by atoms with Crippen LogP contribution in [0.3, 0.4) is 0 Å². The van der Waals surface area contributed by atoms with Gasteiger partial charge in [0, 0.05) is 22.6 Å². The van der Waals surface area contributed by atoms with E-state index in [2.05, 4.69) is 15.5 Å². The van der Waals surface area contributed by atoms with Crippen molar-refractivity contribution in [2.75, 3.05) is 18.5 Å². The lowest BCUT2D eigenvalue weighted by atomic mass is 10.2. The van der Waals surface area contributed by atoms with Gasteiger partial charge in [0.05, 0.1) is 4.92 Å². The van der Waals surface area contributed by atoms with Crippen LogP contribution >= 0.6 is 11.3 Å². The lowest BCUT2D eigenvalue weighted by Crippen LogP contribution is -2.15. The van der Waals surface area contributed by atoms with Crippen LogP contribution in [0.25, 0.3) is 17.5 Å². The molecule has 3 aromatic rings. The molecule has 0 fully saturated rings. The molecule has 1 aliphatic heterocycles. The fourth-order valence-electron chi connectivity index (χ4n) is 2.40. The molecule has 1 aromatic carbocycles. The van der Waals surface area contributed by atoms with E-state index in [1.54, 1.807) is 24.3 Å². The Kier molecular flexibility index (Phi) is 4.72. The second-order valence-corrected chi connectivity index (χ2v) is 6.62. The number of thiophene rings is 1. The molecule has 142 valence electrons. The van der Waals surface area contributed by atoms with Gasteiger partial charge >= 0.3 is 11.0 Å². The van der Waals surface area contributed by atoms with E-state index in [0.717, 1.165) is 11.3 Å². The quantitative estimate of drug-likeness (QED) is 0.393. The Hall–Kier alpha value is -3.73. The Morgan fingerprint density at radius 1 is 1.18 bits per heavy atom. The minimum absolute atomic E-state index is 0.000954. The Labute approximate surface area is 161 Å². The van der Waals surface area contributed by atoms with Crippen LogP contribution in [0.4, 0.5) is 11.0 Å². The van der Waals surface area contributed by atoms with Gasteiger partial charge in [0.1, 0.15) is 13.2 Å². The monoisotopic (exact) mass is 400 g/mol. The highest BCUT2D eigenvalue weighted by Gasteiger charge is 2.16. The van der Waals surface area contributed by atoms with Crippen molar-refractivity contribution in [3.63, 3.8) is 0 Å². The van der Waals surface area contributed by atoms with Crippen LogP contribution in [0.2, 0.25) is 0 Å². The van der Waals surface area contributed by atoms with E-state index in [4.69, 9.17) is 13.9 Å². The molecule has 0 spiro atoms. The number of rotatable bonds is 5. The van der Waals surface area contributed by atoms with Gasteiger partial charge in [0.2, 0.25) is 5.89 Å². The molecule has 10 nitrogen and oxygen atoms in total. The maximum atomic E-state index is 12.0. The SMILES string of the molecule is O=C(C=Cc1ccc([N+](=O)[O-])s1)Nc1nnc(-c2ccc3c(c2)OCCO3)o1. The summed E-state index contributed by atoms with van der Waals surface area (Å²) < 4.78 is 16.4. The molecule has 1 aliphatic rings. The van der Waals surface area contributed by atoms with E-state index >= 15 is 0 Å². The van der Waals surface area contributed by atoms with E-state index in [9.17, 15) is 14.9 Å². The third-order valence-corrected chi connectivity index (χ3v) is 4.64. The molecule has 3 heterocycles. The normalized spacial score (nSPS) is 12.9. The number of carbonyl (C=O) groups excluding carboxylic acids is 1. The zero-order chi connectivity index (χ0) is 19.5. The van der Waals surface area contributed by atoms with Crippen molar-refractivity contribution < 1.29 is 23.6 Å². The van der Waals surface area contributed by atoms with Gasteiger partial charge in [-0.1, -0.05) is 16.4 Å². The van der Waals surface area contributed by atoms with Crippen molar-refractivity contribution in [3.05, 3.63) is 51.4 Å². The highest BCUT2D eigenvalue weighted by Crippen LogP contribution is 2.34. The van der Waals surface area contributed by atoms with Crippen molar-refractivity contribution in [2.45, 2.75) is 0 Å². The highest BCUT2D eigenvalue weighted by molar-refractivity contribution is 7.16. The number of nitrogens with one attached hydrogen (secondary N) is 1. The molecule has 0 saturated heterocycles. The van der Waals surface area contributed by atoms with Gasteiger partial charge in [-0.2, -0.15) is 0 Å². The lowest BCUT2D eigenvalue weighted by Gasteiger charge is -2.18. The Bertz CT molecular complexity index is 1070. The fourth-order valence-corrected chi connectivity index (χ4v) is 3.13. The summed E-state index contributed by atoms with van der Waals surface area (Å²) in [6.45, 7) is 0.955. The molecule has 1 N–H and O–H groups in total. The third-order valence-electron chi connectivity index (χ3n) is 3.64. The van der Waals surface area contributed by atoms with E-state index in [0.29, 0.717) is 35.2 Å². The number of amides is 1. The van der Waals surface area contributed by atoms with Gasteiger partial charge in [0.25, 0.3) is 5.91 Å². The largest absolute Gasteiger partial charge is 0.486 e. The number of carbonyl (C=O) groups is 1. The van der Waals surface area contributed by atoms with Crippen LogP contribution in [0.5, 0.6) is 11.5 Å². The molecule has 0 aliphatic carbocycles. The van der Waals surface area contributed by atoms with Gasteiger partial charge < -0.3 is 13.9 Å². The number of nitrogens with zero attached hydrogens (tertiary/aromatic N) is 3. The molecule has 0 atom stereocenters. The summed E-state index contributed by atoms with van der Waals surface area (Å²) in [6.07, 6.45) is 2.69. The van der Waals surface area contributed by atoms with Crippen LogP contribution < -0.4 is 14.8 Å². The number of nitro groups is 1. The first-order chi connectivity index (χ1) is 13.6. The maximum Gasteiger partial charge on any atom is 0.324 e. The molecule has 0 bridgehead atoms. The van der Waals surface area contributed by atoms with E-state index in [1.165, 1.54) is 18.2 Å². The van der Waals surface area contributed by atoms with Gasteiger partial charge in [-0.05, 0) is 30.3 Å². The van der Waals surface area contributed by atoms with Crippen molar-refractivity contribution in [1.29, 1.82) is 0 Å². The topological polar surface area (TPSA) is 130 Å². The minimum Gasteiger partial charge on any atom is -0.486 e. The standard InChI is InChI=1S/C17H12N4O6S/c22-14(5-2-11-3-6-15(28-11)21(23)24)18-17-20-19-16(27-17)10-1-4-12-13(9-10)26-8-7-25-12/h1-6,9H,7-8H2,(H,18,20,22). The summed E-state index contributed by atoms with van der Waals surface area (Å²) in [5, 5.41) is 20.8. The number of ether oxygens (including phenoxy) is 2. The van der Waals surface area contributed by atoms with Crippen LogP contribution in [0.15, 0.2) is 40.8 Å². The number of hydrogen-bond acceptors (Lipinski definition) is 9. The average Bonchev–Trinajstić information content (AvgIpc) is 3.36. The van der Waals surface area contributed by atoms with Gasteiger partial charge in [-0.15, -0.1) is 5.10 Å². The third kappa shape index (κ3) is 3.83. The summed E-state index contributed by atoms with van der Waals surface area (Å²) in [7, 11) is 0. The number of aromatic nitrogens is 2. The summed E-state index contributed by atoms with van der Waals surface area (Å²) in [6, 6.07) is 8.07. The lowest BCUT2D eigenvalue weighted by molar-refractivity contribution is -0.380. The summed E-state index contributed by atoms with van der Waals surface area (Å²) >= 11 is 0.962. The Morgan fingerprint density at radius 2 is 2.00 bits per heavy atom. The van der Waals surface area contributed by atoms with Crippen molar-refractivity contribution in [2.24, 2.45) is 0 Å². The molecule has 0 saturated carbocycles. The molecule has 2 aromatic heterocycles. The number of anilines is 1. The summed E-state index contributed by atoms with van der Waals surface area (Å²) in [5.41, 5.74) is 0.624. The Balaban J connectivity index is 1.42. The van der Waals surface area contributed by atoms with Crippen molar-refractivity contribution in [1.82, 2.24) is 10.2 Å². The molecular weight excluding hydrogens is 388 g/mol. The fraction of sp³-hybridized carbons (Fsp3) is 0.118. The van der Waals surface area contributed by atoms with Gasteiger partial charge in [-0.3, -0.25) is 20.2 Å². The van der Waals surface area contributed by atoms with E-state index in [1.807, 2.05) is 0 Å². The van der Waals surface area contributed by atoms with Crippen molar-refractivity contribution in [3.8, 4) is 23.0 Å². The second-order valence-electron chi connectivity index (χ2n) is 5.53. The van der Waals surface area contributed by atoms with Crippen molar-refractivity contribution >= 4 is 34.3 Å². The van der Waals surface area contributed by atoms with Crippen LogP contribution in [0, 0.1) is 10.1 Å². The van der Waals surface area contributed by atoms with E-state index in [-0.39, 0.29) is 16.9 Å². The van der Waals surface area contributed by atoms with Crippen LogP contribution in [0.1, 0.15) is 4.88 Å². The molecular formula is C17H12N4O6S. The molecule has 1 amide bonds. The van der Waals surface area contributed by atoms with Gasteiger partial charge in [0.15, 0.2) is 11.5 Å². The number of benzene rings is 1. The zero-order valence-corrected chi connectivity index (χ0v) is 15.0. The predicted molar refractivity (Wildman–Crippen MR) is 99.4 cm³/mol. The summed E-state index contributed by atoms with van der Waals surface area (Å²) in [5.74, 6) is 0.932. The van der Waals surface area contributed by atoms with Gasteiger partial charge in [-0.25, -0.2) is 0 Å². The first kappa shape index (κ1) is 17.7. The molecule has 11 heteroatoms. The number of hydrogen-bond donors (Lipinski definition) is 1. The first-order valence-corrected chi connectivity index (χ1v) is 8.87. The maximum absolute atomic E-state index is 12.0. The van der Waals surface area contributed by atoms with Crippen LogP contribution in [-0.2, 0) is 4.79 Å². The smallest absolute Gasteiger partial charge is 0.324 e. The highest BCUT2D eigenvalue weighted by atomic mass is 32.1. The van der Waals surface area contributed by atoms with Crippen LogP contribution in [-0.4, -0.2) is 34.2 Å². The van der Waals surface area contributed by atoms with E-state index < -0.39 is 10.8 Å². The molecule has 4 rings (SSSR count).